The van der Waals surface area contributed by atoms with Gasteiger partial charge in [0.05, 0.1) is 12.2 Å². The Labute approximate surface area is 121 Å². The van der Waals surface area contributed by atoms with Gasteiger partial charge >= 0.3 is 5.97 Å². The van der Waals surface area contributed by atoms with E-state index in [1.54, 1.807) is 13.8 Å². The molecule has 1 aliphatic carbocycles. The third-order valence-corrected chi connectivity index (χ3v) is 4.62. The molecule has 0 aliphatic heterocycles. The van der Waals surface area contributed by atoms with Gasteiger partial charge in [-0.3, -0.25) is 4.79 Å². The number of amides is 1. The summed E-state index contributed by atoms with van der Waals surface area (Å²) in [6.45, 7) is 3.70. The van der Waals surface area contributed by atoms with E-state index in [9.17, 15) is 14.9 Å². The first-order valence-electron chi connectivity index (χ1n) is 6.60. The molecule has 106 valence electrons. The summed E-state index contributed by atoms with van der Waals surface area (Å²) in [7, 11) is 0. The van der Waals surface area contributed by atoms with E-state index in [2.05, 4.69) is 5.32 Å². The minimum absolute atomic E-state index is 0.0370. The van der Waals surface area contributed by atoms with Crippen molar-refractivity contribution in [3.8, 4) is 6.07 Å². The Morgan fingerprint density at radius 3 is 2.70 bits per heavy atom. The molecular formula is C14H16N2O3S. The SMILES string of the molecule is CCOC(=O)c1sc(NC(=O)C2CCC2)c(C#N)c1C. The molecule has 1 aromatic rings. The first-order valence-corrected chi connectivity index (χ1v) is 7.41. The van der Waals surface area contributed by atoms with Gasteiger partial charge in [0.15, 0.2) is 0 Å². The van der Waals surface area contributed by atoms with Gasteiger partial charge in [0, 0.05) is 5.92 Å². The second kappa shape index (κ2) is 6.06. The second-order valence-electron chi connectivity index (χ2n) is 4.71. The monoisotopic (exact) mass is 292 g/mol. The van der Waals surface area contributed by atoms with E-state index in [-0.39, 0.29) is 18.4 Å². The van der Waals surface area contributed by atoms with Crippen molar-refractivity contribution in [1.29, 1.82) is 5.26 Å². The number of rotatable bonds is 4. The smallest absolute Gasteiger partial charge is 0.348 e. The molecule has 1 aromatic heterocycles. The van der Waals surface area contributed by atoms with Gasteiger partial charge in [-0.2, -0.15) is 5.26 Å². The Balaban J connectivity index is 2.24. The zero-order valence-corrected chi connectivity index (χ0v) is 12.3. The van der Waals surface area contributed by atoms with Crippen LogP contribution in [0.3, 0.4) is 0 Å². The van der Waals surface area contributed by atoms with Gasteiger partial charge in [0.25, 0.3) is 0 Å². The molecule has 0 atom stereocenters. The maximum absolute atomic E-state index is 11.9. The minimum atomic E-state index is -0.448. The van der Waals surface area contributed by atoms with Crippen LogP contribution in [0.25, 0.3) is 0 Å². The molecule has 5 nitrogen and oxygen atoms in total. The Bertz CT molecular complexity index is 582. The van der Waals surface area contributed by atoms with Crippen molar-refractivity contribution in [2.75, 3.05) is 11.9 Å². The minimum Gasteiger partial charge on any atom is -0.462 e. The van der Waals surface area contributed by atoms with Gasteiger partial charge in [0.1, 0.15) is 15.9 Å². The largest absolute Gasteiger partial charge is 0.462 e. The first kappa shape index (κ1) is 14.5. The lowest BCUT2D eigenvalue weighted by Crippen LogP contribution is -2.27. The van der Waals surface area contributed by atoms with Gasteiger partial charge in [-0.1, -0.05) is 6.42 Å². The van der Waals surface area contributed by atoms with E-state index in [0.717, 1.165) is 30.6 Å². The quantitative estimate of drug-likeness (QED) is 0.865. The van der Waals surface area contributed by atoms with Crippen LogP contribution < -0.4 is 5.32 Å². The number of carbonyl (C=O) groups is 2. The first-order chi connectivity index (χ1) is 9.58. The number of ether oxygens (including phenoxy) is 1. The average molecular weight is 292 g/mol. The zero-order valence-electron chi connectivity index (χ0n) is 11.5. The Morgan fingerprint density at radius 1 is 1.50 bits per heavy atom. The van der Waals surface area contributed by atoms with Crippen molar-refractivity contribution in [1.82, 2.24) is 0 Å². The van der Waals surface area contributed by atoms with E-state index in [4.69, 9.17) is 4.74 Å². The fourth-order valence-corrected chi connectivity index (χ4v) is 3.07. The summed E-state index contributed by atoms with van der Waals surface area (Å²) < 4.78 is 4.96. The molecule has 1 amide bonds. The van der Waals surface area contributed by atoms with E-state index in [1.165, 1.54) is 0 Å². The van der Waals surface area contributed by atoms with Gasteiger partial charge in [-0.05, 0) is 32.3 Å². The highest BCUT2D eigenvalue weighted by atomic mass is 32.1. The molecule has 2 rings (SSSR count). The Kier molecular flexibility index (Phi) is 4.40. The molecule has 0 spiro atoms. The Morgan fingerprint density at radius 2 is 2.20 bits per heavy atom. The summed E-state index contributed by atoms with van der Waals surface area (Å²) in [6, 6.07) is 2.05. The molecule has 6 heteroatoms. The average Bonchev–Trinajstić information content (AvgIpc) is 2.63. The van der Waals surface area contributed by atoms with Crippen LogP contribution in [0.1, 0.15) is 47.0 Å². The third kappa shape index (κ3) is 2.68. The fourth-order valence-electron chi connectivity index (χ4n) is 2.01. The number of nitriles is 1. The maximum atomic E-state index is 11.9. The van der Waals surface area contributed by atoms with Crippen molar-refractivity contribution in [2.45, 2.75) is 33.1 Å². The molecule has 0 saturated heterocycles. The summed E-state index contributed by atoms with van der Waals surface area (Å²) >= 11 is 1.11. The maximum Gasteiger partial charge on any atom is 0.348 e. The van der Waals surface area contributed by atoms with Crippen molar-refractivity contribution < 1.29 is 14.3 Å². The topological polar surface area (TPSA) is 79.2 Å². The van der Waals surface area contributed by atoms with Crippen LogP contribution in [0, 0.1) is 24.2 Å². The number of hydrogen-bond acceptors (Lipinski definition) is 5. The molecule has 0 unspecified atom stereocenters. The summed E-state index contributed by atoms with van der Waals surface area (Å²) in [4.78, 5) is 24.1. The van der Waals surface area contributed by atoms with Crippen LogP contribution in [0.2, 0.25) is 0 Å². The summed E-state index contributed by atoms with van der Waals surface area (Å²) in [5.41, 5.74) is 0.922. The number of carbonyl (C=O) groups excluding carboxylic acids is 2. The van der Waals surface area contributed by atoms with Gasteiger partial charge < -0.3 is 10.1 Å². The van der Waals surface area contributed by atoms with Gasteiger partial charge in [0.2, 0.25) is 5.91 Å². The highest BCUT2D eigenvalue weighted by Gasteiger charge is 2.28. The highest BCUT2D eigenvalue weighted by Crippen LogP contribution is 2.35. The molecule has 0 aromatic carbocycles. The van der Waals surface area contributed by atoms with Crippen LogP contribution in [0.4, 0.5) is 5.00 Å². The second-order valence-corrected chi connectivity index (χ2v) is 5.73. The fraction of sp³-hybridized carbons (Fsp3) is 0.500. The highest BCUT2D eigenvalue weighted by molar-refractivity contribution is 7.18. The predicted molar refractivity (Wildman–Crippen MR) is 75.7 cm³/mol. The standard InChI is InChI=1S/C14H16N2O3S/c1-3-19-14(18)11-8(2)10(7-15)13(20-11)16-12(17)9-5-4-6-9/h9H,3-6H2,1-2H3,(H,16,17). The van der Waals surface area contributed by atoms with E-state index in [0.29, 0.717) is 21.0 Å². The lowest BCUT2D eigenvalue weighted by Gasteiger charge is -2.23. The molecule has 1 N–H and O–H groups in total. The molecule has 0 radical (unpaired) electrons. The molecule has 1 aliphatic rings. The van der Waals surface area contributed by atoms with Crippen LogP contribution in [-0.2, 0) is 9.53 Å². The Hall–Kier alpha value is -1.87. The molecule has 20 heavy (non-hydrogen) atoms. The lowest BCUT2D eigenvalue weighted by molar-refractivity contribution is -0.122. The molecule has 1 heterocycles. The molecular weight excluding hydrogens is 276 g/mol. The van der Waals surface area contributed by atoms with Crippen molar-refractivity contribution in [2.24, 2.45) is 5.92 Å². The molecule has 1 fully saturated rings. The number of esters is 1. The van der Waals surface area contributed by atoms with Crippen LogP contribution in [0.15, 0.2) is 0 Å². The third-order valence-electron chi connectivity index (χ3n) is 3.43. The summed E-state index contributed by atoms with van der Waals surface area (Å²) in [5.74, 6) is -0.477. The van der Waals surface area contributed by atoms with Crippen molar-refractivity contribution in [3.63, 3.8) is 0 Å². The van der Waals surface area contributed by atoms with E-state index >= 15 is 0 Å². The van der Waals surface area contributed by atoms with Crippen LogP contribution >= 0.6 is 11.3 Å². The number of nitrogens with one attached hydrogen (secondary N) is 1. The van der Waals surface area contributed by atoms with Crippen molar-refractivity contribution >= 4 is 28.2 Å². The zero-order chi connectivity index (χ0) is 14.7. The number of thiophene rings is 1. The summed E-state index contributed by atoms with van der Waals surface area (Å²) in [5, 5.41) is 12.4. The van der Waals surface area contributed by atoms with E-state index < -0.39 is 5.97 Å². The number of hydrogen-bond donors (Lipinski definition) is 1. The summed E-state index contributed by atoms with van der Waals surface area (Å²) in [6.07, 6.45) is 2.85. The van der Waals surface area contributed by atoms with Gasteiger partial charge in [-0.15, -0.1) is 11.3 Å². The predicted octanol–water partition coefficient (Wildman–Crippen LogP) is 2.84. The molecule has 1 saturated carbocycles. The van der Waals surface area contributed by atoms with Crippen LogP contribution in [0.5, 0.6) is 0 Å². The molecule has 0 bridgehead atoms. The number of nitrogens with zero attached hydrogens (tertiary/aromatic N) is 1. The lowest BCUT2D eigenvalue weighted by atomic mass is 9.85. The normalized spacial score (nSPS) is 14.2. The van der Waals surface area contributed by atoms with Crippen LogP contribution in [-0.4, -0.2) is 18.5 Å². The van der Waals surface area contributed by atoms with Gasteiger partial charge in [-0.25, -0.2) is 4.79 Å². The van der Waals surface area contributed by atoms with Crippen molar-refractivity contribution in [3.05, 3.63) is 16.0 Å². The number of anilines is 1. The van der Waals surface area contributed by atoms with E-state index in [1.807, 2.05) is 6.07 Å².